The predicted molar refractivity (Wildman–Crippen MR) is 115 cm³/mol. The van der Waals surface area contributed by atoms with Gasteiger partial charge in [0.2, 0.25) is 0 Å². The van der Waals surface area contributed by atoms with Gasteiger partial charge in [-0.25, -0.2) is 0 Å². The first-order valence-corrected chi connectivity index (χ1v) is 9.51. The lowest BCUT2D eigenvalue weighted by atomic mass is 10.1. The lowest BCUT2D eigenvalue weighted by Crippen LogP contribution is -2.22. The average Bonchev–Trinajstić information content (AvgIpc) is 2.72. The summed E-state index contributed by atoms with van der Waals surface area (Å²) in [5.74, 6) is -0.744. The Kier molecular flexibility index (Phi) is 6.83. The van der Waals surface area contributed by atoms with E-state index in [1.807, 2.05) is 6.07 Å². The molecule has 3 aromatic rings. The number of ether oxygens (including phenoxy) is 1. The summed E-state index contributed by atoms with van der Waals surface area (Å²) in [5.41, 5.74) is 2.22. The van der Waals surface area contributed by atoms with E-state index in [4.69, 9.17) is 16.3 Å². The minimum Gasteiger partial charge on any atom is -0.427 e. The Morgan fingerprint density at radius 2 is 1.57 bits per heavy atom. The van der Waals surface area contributed by atoms with Crippen LogP contribution in [-0.4, -0.2) is 17.8 Å². The van der Waals surface area contributed by atoms with E-state index in [0.717, 1.165) is 5.56 Å². The van der Waals surface area contributed by atoms with Gasteiger partial charge < -0.3 is 15.4 Å². The molecule has 0 atom stereocenters. The number of rotatable bonds is 6. The van der Waals surface area contributed by atoms with Crippen molar-refractivity contribution in [2.75, 3.05) is 5.32 Å². The van der Waals surface area contributed by atoms with E-state index < -0.39 is 5.97 Å². The zero-order chi connectivity index (χ0) is 21.5. The third-order valence-electron chi connectivity index (χ3n) is 4.08. The molecule has 0 aliphatic heterocycles. The van der Waals surface area contributed by atoms with Crippen LogP contribution in [0, 0.1) is 0 Å². The highest BCUT2D eigenvalue weighted by atomic mass is 35.5. The highest BCUT2D eigenvalue weighted by Crippen LogP contribution is 2.17. The minimum atomic E-state index is -0.458. The number of halogens is 1. The van der Waals surface area contributed by atoms with Crippen LogP contribution in [0.4, 0.5) is 5.69 Å². The number of anilines is 1. The van der Waals surface area contributed by atoms with Crippen molar-refractivity contribution in [2.24, 2.45) is 0 Å². The zero-order valence-corrected chi connectivity index (χ0v) is 16.9. The number of amides is 2. The lowest BCUT2D eigenvalue weighted by molar-refractivity contribution is -0.131. The van der Waals surface area contributed by atoms with Crippen LogP contribution in [0.15, 0.2) is 72.8 Å². The quantitative estimate of drug-likeness (QED) is 0.454. The van der Waals surface area contributed by atoms with E-state index in [0.29, 0.717) is 27.6 Å². The smallest absolute Gasteiger partial charge is 0.308 e. The molecule has 0 fully saturated rings. The predicted octanol–water partition coefficient (Wildman–Crippen LogP) is 4.45. The van der Waals surface area contributed by atoms with Gasteiger partial charge in [0.15, 0.2) is 0 Å². The molecule has 2 N–H and O–H groups in total. The molecule has 6 nitrogen and oxygen atoms in total. The van der Waals surface area contributed by atoms with E-state index in [9.17, 15) is 14.4 Å². The summed E-state index contributed by atoms with van der Waals surface area (Å²) in [6.45, 7) is 1.58. The summed E-state index contributed by atoms with van der Waals surface area (Å²) in [5, 5.41) is 6.11. The van der Waals surface area contributed by atoms with Gasteiger partial charge in [-0.05, 0) is 54.1 Å². The number of hydrogen-bond donors (Lipinski definition) is 2. The Bertz CT molecular complexity index is 1100. The zero-order valence-electron chi connectivity index (χ0n) is 16.1. The molecule has 3 aromatic carbocycles. The van der Waals surface area contributed by atoms with Crippen LogP contribution in [0.1, 0.15) is 33.2 Å². The number of hydrogen-bond acceptors (Lipinski definition) is 4. The summed E-state index contributed by atoms with van der Waals surface area (Å²) in [4.78, 5) is 35.8. The molecule has 0 saturated heterocycles. The van der Waals surface area contributed by atoms with Crippen LogP contribution in [0.3, 0.4) is 0 Å². The number of benzene rings is 3. The molecule has 7 heteroatoms. The number of esters is 1. The second kappa shape index (κ2) is 9.71. The summed E-state index contributed by atoms with van der Waals surface area (Å²) in [7, 11) is 0. The SMILES string of the molecule is CC(=O)Oc1cccc(C(=O)Nc2cccc(CNC(=O)c3cccc(Cl)c3)c2)c1. The normalized spacial score (nSPS) is 10.2. The fourth-order valence-electron chi connectivity index (χ4n) is 2.74. The Balaban J connectivity index is 1.63. The molecule has 0 heterocycles. The van der Waals surface area contributed by atoms with E-state index in [-0.39, 0.29) is 18.4 Å². The highest BCUT2D eigenvalue weighted by Gasteiger charge is 2.10. The van der Waals surface area contributed by atoms with Crippen LogP contribution in [0.5, 0.6) is 5.75 Å². The first-order chi connectivity index (χ1) is 14.4. The molecule has 0 aliphatic rings. The van der Waals surface area contributed by atoms with Crippen molar-refractivity contribution in [1.29, 1.82) is 0 Å². The Labute approximate surface area is 178 Å². The second-order valence-corrected chi connectivity index (χ2v) is 6.91. The van der Waals surface area contributed by atoms with Gasteiger partial charge in [-0.2, -0.15) is 0 Å². The first kappa shape index (κ1) is 21.1. The molecule has 30 heavy (non-hydrogen) atoms. The van der Waals surface area contributed by atoms with Crippen molar-refractivity contribution in [3.8, 4) is 5.75 Å². The summed E-state index contributed by atoms with van der Waals surface area (Å²) in [6.07, 6.45) is 0. The highest BCUT2D eigenvalue weighted by molar-refractivity contribution is 6.30. The fraction of sp³-hybridized carbons (Fsp3) is 0.0870. The minimum absolute atomic E-state index is 0.241. The second-order valence-electron chi connectivity index (χ2n) is 6.47. The van der Waals surface area contributed by atoms with Crippen molar-refractivity contribution in [3.05, 3.63) is 94.5 Å². The van der Waals surface area contributed by atoms with Crippen LogP contribution in [-0.2, 0) is 11.3 Å². The van der Waals surface area contributed by atoms with E-state index in [1.165, 1.54) is 13.0 Å². The molecule has 2 amide bonds. The monoisotopic (exact) mass is 422 g/mol. The summed E-state index contributed by atoms with van der Waals surface area (Å²) < 4.78 is 5.01. The lowest BCUT2D eigenvalue weighted by Gasteiger charge is -2.10. The third kappa shape index (κ3) is 5.93. The summed E-state index contributed by atoms with van der Waals surface area (Å²) in [6, 6.07) is 20.2. The first-order valence-electron chi connectivity index (χ1n) is 9.13. The molecule has 0 radical (unpaired) electrons. The maximum absolute atomic E-state index is 12.5. The number of nitrogens with one attached hydrogen (secondary N) is 2. The van der Waals surface area contributed by atoms with Gasteiger partial charge in [0, 0.05) is 35.3 Å². The Morgan fingerprint density at radius 1 is 0.867 bits per heavy atom. The standard InChI is InChI=1S/C23H19ClN2O4/c1-15(27)30-21-10-4-7-18(13-21)23(29)26-20-9-2-5-16(11-20)14-25-22(28)17-6-3-8-19(24)12-17/h2-13H,14H2,1H3,(H,25,28)(H,26,29). The van der Waals surface area contributed by atoms with E-state index in [1.54, 1.807) is 60.7 Å². The van der Waals surface area contributed by atoms with Gasteiger partial charge in [-0.15, -0.1) is 0 Å². The van der Waals surface area contributed by atoms with Crippen LogP contribution < -0.4 is 15.4 Å². The van der Waals surface area contributed by atoms with Crippen molar-refractivity contribution in [3.63, 3.8) is 0 Å². The molecule has 3 rings (SSSR count). The van der Waals surface area contributed by atoms with Gasteiger partial charge in [-0.1, -0.05) is 35.9 Å². The maximum atomic E-state index is 12.5. The van der Waals surface area contributed by atoms with Gasteiger partial charge >= 0.3 is 5.97 Å². The Hall–Kier alpha value is -3.64. The van der Waals surface area contributed by atoms with E-state index in [2.05, 4.69) is 10.6 Å². The van der Waals surface area contributed by atoms with Crippen molar-refractivity contribution in [1.82, 2.24) is 5.32 Å². The van der Waals surface area contributed by atoms with Gasteiger partial charge in [0.25, 0.3) is 11.8 Å². The fourth-order valence-corrected chi connectivity index (χ4v) is 2.93. The molecule has 0 aromatic heterocycles. The molecular weight excluding hydrogens is 404 g/mol. The van der Waals surface area contributed by atoms with Crippen molar-refractivity contribution >= 4 is 35.1 Å². The molecule has 0 aliphatic carbocycles. The topological polar surface area (TPSA) is 84.5 Å². The van der Waals surface area contributed by atoms with Crippen LogP contribution in [0.2, 0.25) is 5.02 Å². The third-order valence-corrected chi connectivity index (χ3v) is 4.32. The van der Waals surface area contributed by atoms with E-state index >= 15 is 0 Å². The van der Waals surface area contributed by atoms with Crippen molar-refractivity contribution < 1.29 is 19.1 Å². The Morgan fingerprint density at radius 3 is 2.30 bits per heavy atom. The number of carbonyl (C=O) groups is 3. The van der Waals surface area contributed by atoms with Gasteiger partial charge in [-0.3, -0.25) is 14.4 Å². The van der Waals surface area contributed by atoms with Gasteiger partial charge in [0.05, 0.1) is 0 Å². The molecule has 0 unspecified atom stereocenters. The van der Waals surface area contributed by atoms with Gasteiger partial charge in [0.1, 0.15) is 5.75 Å². The molecule has 0 saturated carbocycles. The molecular formula is C23H19ClN2O4. The van der Waals surface area contributed by atoms with Crippen LogP contribution >= 0.6 is 11.6 Å². The summed E-state index contributed by atoms with van der Waals surface area (Å²) >= 11 is 5.92. The number of carbonyl (C=O) groups excluding carboxylic acids is 3. The maximum Gasteiger partial charge on any atom is 0.308 e. The van der Waals surface area contributed by atoms with Crippen molar-refractivity contribution in [2.45, 2.75) is 13.5 Å². The largest absolute Gasteiger partial charge is 0.427 e. The molecule has 0 bridgehead atoms. The average molecular weight is 423 g/mol. The molecule has 0 spiro atoms. The van der Waals surface area contributed by atoms with Crippen LogP contribution in [0.25, 0.3) is 0 Å². The molecule has 152 valence electrons.